The topological polar surface area (TPSA) is 87.5 Å². The number of nitrogens with one attached hydrogen (secondary N) is 1. The molecular formula is C23H23FN4O3S. The van der Waals surface area contributed by atoms with Gasteiger partial charge in [-0.15, -0.1) is 11.3 Å². The first-order valence-corrected chi connectivity index (χ1v) is 11.5. The summed E-state index contributed by atoms with van der Waals surface area (Å²) < 4.78 is 15.1. The zero-order valence-electron chi connectivity index (χ0n) is 17.4. The number of carbonyl (C=O) groups excluding carboxylic acids is 1. The van der Waals surface area contributed by atoms with Crippen molar-refractivity contribution in [3.8, 4) is 11.1 Å². The molecule has 4 heterocycles. The number of carbonyl (C=O) groups is 1. The van der Waals surface area contributed by atoms with E-state index in [0.717, 1.165) is 5.69 Å². The van der Waals surface area contributed by atoms with Crippen LogP contribution in [-0.4, -0.2) is 44.7 Å². The van der Waals surface area contributed by atoms with Gasteiger partial charge in [-0.3, -0.25) is 14.5 Å². The molecule has 0 saturated carbocycles. The summed E-state index contributed by atoms with van der Waals surface area (Å²) in [5.74, 6) is -1.39. The second-order valence-corrected chi connectivity index (χ2v) is 9.03. The highest BCUT2D eigenvalue weighted by Gasteiger charge is 2.55. The van der Waals surface area contributed by atoms with Crippen LogP contribution in [0.3, 0.4) is 0 Å². The van der Waals surface area contributed by atoms with Gasteiger partial charge in [0.25, 0.3) is 5.56 Å². The summed E-state index contributed by atoms with van der Waals surface area (Å²) in [5.41, 5.74) is 1.72. The fraction of sp³-hybridized carbons (Fsp3) is 0.348. The molecule has 2 N–H and O–H groups in total. The van der Waals surface area contributed by atoms with E-state index in [1.165, 1.54) is 23.5 Å². The number of nitrogens with zero attached hydrogens (tertiary/aromatic N) is 3. The van der Waals surface area contributed by atoms with Gasteiger partial charge in [-0.25, -0.2) is 9.37 Å². The maximum Gasteiger partial charge on any atom is 0.258 e. The normalized spacial score (nSPS) is 24.3. The van der Waals surface area contributed by atoms with Gasteiger partial charge in [0.05, 0.1) is 12.0 Å². The van der Waals surface area contributed by atoms with Crippen LogP contribution in [0.15, 0.2) is 52.8 Å². The molecule has 1 amide bonds. The Hall–Kier alpha value is -2.88. The Kier molecular flexibility index (Phi) is 5.40. The molecule has 7 nitrogen and oxygen atoms in total. The van der Waals surface area contributed by atoms with Crippen LogP contribution in [-0.2, 0) is 11.3 Å². The van der Waals surface area contributed by atoms with Crippen LogP contribution in [0.4, 0.5) is 9.52 Å². The van der Waals surface area contributed by atoms with Crippen LogP contribution >= 0.6 is 11.3 Å². The van der Waals surface area contributed by atoms with Gasteiger partial charge in [-0.1, -0.05) is 19.1 Å². The maximum atomic E-state index is 13.4. The standard InChI is InChI=1S/C23H23FN4O3S/c1-2-27-18-11-28-17(8-7-15(22(28)31)13-3-5-14(24)6-4-13)20(27)19(16(18)12-29)21(30)26-23-25-9-10-32-23/h3-10,16,18-20,29H,2,11-12H2,1H3,(H,25,26,30)/t16-,18-,19+,20+/m0/s1. The highest BCUT2D eigenvalue weighted by Crippen LogP contribution is 2.48. The van der Waals surface area contributed by atoms with Crippen LogP contribution in [0.1, 0.15) is 18.7 Å². The molecule has 2 aliphatic heterocycles. The Morgan fingerprint density at radius 2 is 2.06 bits per heavy atom. The number of thiazole rings is 1. The molecule has 2 bridgehead atoms. The Balaban J connectivity index is 1.58. The van der Waals surface area contributed by atoms with E-state index in [1.807, 2.05) is 13.0 Å². The summed E-state index contributed by atoms with van der Waals surface area (Å²) in [4.78, 5) is 33.1. The van der Waals surface area contributed by atoms with Crippen molar-refractivity contribution in [1.29, 1.82) is 0 Å². The van der Waals surface area contributed by atoms with Crippen molar-refractivity contribution in [2.24, 2.45) is 11.8 Å². The molecule has 1 saturated heterocycles. The minimum Gasteiger partial charge on any atom is -0.396 e. The van der Waals surface area contributed by atoms with E-state index in [2.05, 4.69) is 15.2 Å². The number of rotatable bonds is 5. The number of pyridine rings is 1. The van der Waals surface area contributed by atoms with Crippen molar-refractivity contribution in [2.75, 3.05) is 18.5 Å². The minimum absolute atomic E-state index is 0.143. The molecule has 32 heavy (non-hydrogen) atoms. The number of hydrogen-bond donors (Lipinski definition) is 2. The van der Waals surface area contributed by atoms with E-state index < -0.39 is 5.92 Å². The molecule has 1 fully saturated rings. The monoisotopic (exact) mass is 454 g/mol. The molecule has 9 heteroatoms. The summed E-state index contributed by atoms with van der Waals surface area (Å²) in [6, 6.07) is 9.02. The van der Waals surface area contributed by atoms with Gasteiger partial charge in [0.2, 0.25) is 5.91 Å². The molecular weight excluding hydrogens is 431 g/mol. The van der Waals surface area contributed by atoms with Crippen molar-refractivity contribution in [2.45, 2.75) is 25.6 Å². The molecule has 4 atom stereocenters. The van der Waals surface area contributed by atoms with E-state index >= 15 is 0 Å². The van der Waals surface area contributed by atoms with Crippen molar-refractivity contribution in [3.05, 3.63) is 69.8 Å². The number of aliphatic hydroxyl groups excluding tert-OH is 1. The summed E-state index contributed by atoms with van der Waals surface area (Å²) in [6.45, 7) is 2.96. The Morgan fingerprint density at radius 1 is 1.28 bits per heavy atom. The Labute approximate surface area is 188 Å². The molecule has 1 aromatic carbocycles. The van der Waals surface area contributed by atoms with Gasteiger partial charge >= 0.3 is 0 Å². The third-order valence-corrected chi connectivity index (χ3v) is 7.34. The molecule has 166 valence electrons. The number of benzene rings is 1. The molecule has 0 spiro atoms. The quantitative estimate of drug-likeness (QED) is 0.619. The van der Waals surface area contributed by atoms with Gasteiger partial charge in [0.15, 0.2) is 5.13 Å². The second-order valence-electron chi connectivity index (χ2n) is 8.14. The van der Waals surface area contributed by atoms with Gasteiger partial charge in [-0.05, 0) is 36.4 Å². The smallest absolute Gasteiger partial charge is 0.258 e. The maximum absolute atomic E-state index is 13.4. The first-order valence-electron chi connectivity index (χ1n) is 10.6. The SMILES string of the molecule is CCN1[C@@H]2c3ccc(-c4ccc(F)cc4)c(=O)n3C[C@H]1[C@H](CO)[C@H]2C(=O)Nc1nccs1. The average molecular weight is 455 g/mol. The molecule has 2 aromatic heterocycles. The highest BCUT2D eigenvalue weighted by atomic mass is 32.1. The van der Waals surface area contributed by atoms with Crippen molar-refractivity contribution >= 4 is 22.4 Å². The predicted molar refractivity (Wildman–Crippen MR) is 120 cm³/mol. The summed E-state index contributed by atoms with van der Waals surface area (Å²) in [5, 5.41) is 15.4. The average Bonchev–Trinajstić information content (AvgIpc) is 3.38. The number of aliphatic hydroxyl groups is 1. The summed E-state index contributed by atoms with van der Waals surface area (Å²) in [7, 11) is 0. The number of halogens is 1. The van der Waals surface area contributed by atoms with E-state index in [4.69, 9.17) is 0 Å². The third kappa shape index (κ3) is 3.28. The van der Waals surface area contributed by atoms with Gasteiger partial charge in [0, 0.05) is 47.9 Å². The zero-order valence-corrected chi connectivity index (χ0v) is 18.3. The number of fused-ring (bicyclic) bond motifs is 4. The van der Waals surface area contributed by atoms with Crippen LogP contribution in [0.5, 0.6) is 0 Å². The van der Waals surface area contributed by atoms with E-state index in [-0.39, 0.29) is 41.9 Å². The number of aromatic nitrogens is 2. The van der Waals surface area contributed by atoms with Gasteiger partial charge < -0.3 is 15.0 Å². The molecule has 5 rings (SSSR count). The third-order valence-electron chi connectivity index (χ3n) is 6.66. The number of likely N-dealkylation sites (N-methyl/N-ethyl adjacent to an activating group) is 1. The minimum atomic E-state index is -0.515. The van der Waals surface area contributed by atoms with Crippen LogP contribution < -0.4 is 10.9 Å². The van der Waals surface area contributed by atoms with Gasteiger partial charge in [0.1, 0.15) is 5.82 Å². The molecule has 0 radical (unpaired) electrons. The molecule has 2 aliphatic rings. The number of amides is 1. The Morgan fingerprint density at radius 3 is 2.72 bits per heavy atom. The number of anilines is 1. The van der Waals surface area contributed by atoms with Crippen LogP contribution in [0, 0.1) is 17.7 Å². The number of hydrogen-bond acceptors (Lipinski definition) is 6. The fourth-order valence-corrected chi connectivity index (χ4v) is 5.81. The molecule has 3 aromatic rings. The van der Waals surface area contributed by atoms with E-state index in [0.29, 0.717) is 29.3 Å². The summed E-state index contributed by atoms with van der Waals surface area (Å²) in [6.07, 6.45) is 1.63. The first-order chi connectivity index (χ1) is 15.5. The molecule has 0 aliphatic carbocycles. The largest absolute Gasteiger partial charge is 0.396 e. The predicted octanol–water partition coefficient (Wildman–Crippen LogP) is 2.73. The van der Waals surface area contributed by atoms with Gasteiger partial charge in [-0.2, -0.15) is 0 Å². The fourth-order valence-electron chi connectivity index (χ4n) is 5.28. The second kappa shape index (κ2) is 8.23. The zero-order chi connectivity index (χ0) is 22.4. The lowest BCUT2D eigenvalue weighted by molar-refractivity contribution is -0.122. The van der Waals surface area contributed by atoms with Crippen molar-refractivity contribution in [1.82, 2.24) is 14.5 Å². The lowest BCUT2D eigenvalue weighted by atomic mass is 9.86. The van der Waals surface area contributed by atoms with E-state index in [9.17, 15) is 19.1 Å². The van der Waals surface area contributed by atoms with Crippen LogP contribution in [0.2, 0.25) is 0 Å². The molecule has 0 unspecified atom stereocenters. The van der Waals surface area contributed by atoms with E-state index in [1.54, 1.807) is 34.3 Å². The first kappa shape index (κ1) is 21.0. The lowest BCUT2D eigenvalue weighted by Crippen LogP contribution is -2.46. The van der Waals surface area contributed by atoms with Crippen molar-refractivity contribution < 1.29 is 14.3 Å². The highest BCUT2D eigenvalue weighted by molar-refractivity contribution is 7.13. The van der Waals surface area contributed by atoms with Crippen LogP contribution in [0.25, 0.3) is 11.1 Å². The summed E-state index contributed by atoms with van der Waals surface area (Å²) >= 11 is 1.34. The van der Waals surface area contributed by atoms with Crippen molar-refractivity contribution in [3.63, 3.8) is 0 Å². The Bertz CT molecular complexity index is 1190. The lowest BCUT2D eigenvalue weighted by Gasteiger charge is -2.37.